The number of carbonyl (C=O) groups excluding carboxylic acids is 1. The molecule has 0 bridgehead atoms. The van der Waals surface area contributed by atoms with Gasteiger partial charge in [-0.1, -0.05) is 18.2 Å². The lowest BCUT2D eigenvalue weighted by atomic mass is 10.1. The fourth-order valence-electron chi connectivity index (χ4n) is 3.09. The summed E-state index contributed by atoms with van der Waals surface area (Å²) in [5, 5.41) is 9.77. The molecule has 0 aliphatic rings. The number of benzene rings is 1. The van der Waals surface area contributed by atoms with Crippen molar-refractivity contribution in [3.63, 3.8) is 0 Å². The van der Waals surface area contributed by atoms with E-state index in [4.69, 9.17) is 0 Å². The quantitative estimate of drug-likeness (QED) is 0.511. The minimum atomic E-state index is -0.621. The molecule has 4 rings (SSSR count). The second kappa shape index (κ2) is 8.52. The molecule has 0 radical (unpaired) electrons. The normalized spacial score (nSPS) is 11.8. The zero-order valence-electron chi connectivity index (χ0n) is 16.1. The van der Waals surface area contributed by atoms with Gasteiger partial charge >= 0.3 is 6.03 Å². The molecule has 0 aliphatic carbocycles. The van der Waals surface area contributed by atoms with Crippen LogP contribution in [0.5, 0.6) is 0 Å². The highest BCUT2D eigenvalue weighted by Gasteiger charge is 2.21. The molecule has 0 spiro atoms. The van der Waals surface area contributed by atoms with Gasteiger partial charge in [-0.3, -0.25) is 0 Å². The van der Waals surface area contributed by atoms with Crippen molar-refractivity contribution >= 4 is 6.03 Å². The van der Waals surface area contributed by atoms with E-state index in [0.717, 1.165) is 5.56 Å². The van der Waals surface area contributed by atoms with Gasteiger partial charge in [0.2, 0.25) is 0 Å². The Morgan fingerprint density at radius 3 is 2.83 bits per heavy atom. The summed E-state index contributed by atoms with van der Waals surface area (Å²) in [5.74, 6) is 0.767. The van der Waals surface area contributed by atoms with E-state index in [0.29, 0.717) is 17.2 Å². The summed E-state index contributed by atoms with van der Waals surface area (Å²) in [4.78, 5) is 25.2. The van der Waals surface area contributed by atoms with Crippen LogP contribution in [0.15, 0.2) is 67.6 Å². The van der Waals surface area contributed by atoms with Crippen molar-refractivity contribution in [3.8, 4) is 5.82 Å². The third kappa shape index (κ3) is 4.17. The average Bonchev–Trinajstić information content (AvgIpc) is 3.43. The molecule has 9 nitrogen and oxygen atoms in total. The Bertz CT molecular complexity index is 1140. The van der Waals surface area contributed by atoms with Crippen molar-refractivity contribution in [3.05, 3.63) is 90.4 Å². The molecular weight excluding hydrogens is 387 g/mol. The van der Waals surface area contributed by atoms with Crippen molar-refractivity contribution < 1.29 is 9.18 Å². The van der Waals surface area contributed by atoms with Crippen LogP contribution in [0.2, 0.25) is 0 Å². The minimum absolute atomic E-state index is 0.214. The van der Waals surface area contributed by atoms with E-state index in [9.17, 15) is 9.18 Å². The molecule has 10 heteroatoms. The third-order valence-corrected chi connectivity index (χ3v) is 4.52. The Morgan fingerprint density at radius 1 is 1.20 bits per heavy atom. The van der Waals surface area contributed by atoms with Crippen LogP contribution < -0.4 is 10.6 Å². The van der Waals surface area contributed by atoms with E-state index in [-0.39, 0.29) is 12.4 Å². The number of nitrogens with zero attached hydrogens (tertiary/aromatic N) is 6. The number of pyridine rings is 1. The zero-order chi connectivity index (χ0) is 20.9. The minimum Gasteiger partial charge on any atom is -0.336 e. The predicted octanol–water partition coefficient (Wildman–Crippen LogP) is 2.12. The summed E-state index contributed by atoms with van der Waals surface area (Å²) in [6, 6.07) is 8.64. The lowest BCUT2D eigenvalue weighted by Crippen LogP contribution is -2.39. The highest BCUT2D eigenvalue weighted by Crippen LogP contribution is 2.21. The SMILES string of the molecule is Cn1ccnc1C(NC(=O)NCc1cccnc1-n1cncn1)c1cccc(F)c1. The molecule has 30 heavy (non-hydrogen) atoms. The summed E-state index contributed by atoms with van der Waals surface area (Å²) < 4.78 is 17.1. The van der Waals surface area contributed by atoms with Gasteiger partial charge in [0.15, 0.2) is 5.82 Å². The van der Waals surface area contributed by atoms with E-state index in [2.05, 4.69) is 30.7 Å². The molecular formula is C20H19FN8O. The number of carbonyl (C=O) groups is 1. The average molecular weight is 406 g/mol. The maximum absolute atomic E-state index is 13.8. The molecule has 2 N–H and O–H groups in total. The maximum atomic E-state index is 13.8. The summed E-state index contributed by atoms with van der Waals surface area (Å²) in [5.41, 5.74) is 1.35. The van der Waals surface area contributed by atoms with Crippen LogP contribution in [0.25, 0.3) is 5.82 Å². The number of aryl methyl sites for hydroxylation is 1. The fourth-order valence-corrected chi connectivity index (χ4v) is 3.09. The lowest BCUT2D eigenvalue weighted by Gasteiger charge is -2.20. The van der Waals surface area contributed by atoms with Crippen LogP contribution in [-0.4, -0.2) is 35.3 Å². The number of aromatic nitrogens is 6. The van der Waals surface area contributed by atoms with Gasteiger partial charge in [-0.05, 0) is 23.8 Å². The molecule has 4 aromatic rings. The molecule has 0 fully saturated rings. The van der Waals surface area contributed by atoms with Gasteiger partial charge in [-0.25, -0.2) is 28.8 Å². The summed E-state index contributed by atoms with van der Waals surface area (Å²) in [6.07, 6.45) is 7.98. The van der Waals surface area contributed by atoms with Gasteiger partial charge in [0.25, 0.3) is 0 Å². The van der Waals surface area contributed by atoms with Gasteiger partial charge in [0, 0.05) is 37.7 Å². The smallest absolute Gasteiger partial charge is 0.315 e. The Kier molecular flexibility index (Phi) is 5.46. The summed E-state index contributed by atoms with van der Waals surface area (Å²) in [7, 11) is 1.81. The Labute approximate surface area is 171 Å². The van der Waals surface area contributed by atoms with Crippen molar-refractivity contribution in [2.45, 2.75) is 12.6 Å². The number of amides is 2. The molecule has 1 atom stereocenters. The highest BCUT2D eigenvalue weighted by atomic mass is 19.1. The number of hydrogen-bond donors (Lipinski definition) is 2. The molecule has 0 saturated carbocycles. The van der Waals surface area contributed by atoms with Gasteiger partial charge in [-0.2, -0.15) is 5.10 Å². The van der Waals surface area contributed by atoms with Crippen molar-refractivity contribution in [1.82, 2.24) is 39.9 Å². The first kappa shape index (κ1) is 19.2. The Hall–Kier alpha value is -4.08. The van der Waals surface area contributed by atoms with Crippen LogP contribution >= 0.6 is 0 Å². The summed E-state index contributed by atoms with van der Waals surface area (Å²) in [6.45, 7) is 0.214. The first-order chi connectivity index (χ1) is 14.6. The lowest BCUT2D eigenvalue weighted by molar-refractivity contribution is 0.237. The predicted molar refractivity (Wildman–Crippen MR) is 106 cm³/mol. The Balaban J connectivity index is 1.51. The number of urea groups is 1. The van der Waals surface area contributed by atoms with Crippen molar-refractivity contribution in [2.24, 2.45) is 7.05 Å². The topological polar surface area (TPSA) is 103 Å². The van der Waals surface area contributed by atoms with Crippen LogP contribution in [0.1, 0.15) is 23.0 Å². The standard InChI is InChI=1S/C20H19FN8O/c1-28-9-8-24-19(28)17(14-4-2-6-16(21)10-14)27-20(30)25-11-15-5-3-7-23-18(15)29-13-22-12-26-29/h2-10,12-13,17H,11H2,1H3,(H2,25,27,30). The third-order valence-electron chi connectivity index (χ3n) is 4.52. The molecule has 0 aliphatic heterocycles. The number of nitrogens with one attached hydrogen (secondary N) is 2. The first-order valence-electron chi connectivity index (χ1n) is 9.18. The number of imidazole rings is 1. The van der Waals surface area contributed by atoms with Crippen LogP contribution in [0, 0.1) is 5.82 Å². The van der Waals surface area contributed by atoms with Gasteiger partial charge in [-0.15, -0.1) is 0 Å². The van der Waals surface area contributed by atoms with Crippen molar-refractivity contribution in [1.29, 1.82) is 0 Å². The summed E-state index contributed by atoms with van der Waals surface area (Å²) >= 11 is 0. The van der Waals surface area contributed by atoms with Crippen LogP contribution in [0.3, 0.4) is 0 Å². The van der Waals surface area contributed by atoms with Crippen molar-refractivity contribution in [2.75, 3.05) is 0 Å². The van der Waals surface area contributed by atoms with Gasteiger partial charge in [0.1, 0.15) is 30.3 Å². The second-order valence-electron chi connectivity index (χ2n) is 6.54. The van der Waals surface area contributed by atoms with E-state index in [1.165, 1.54) is 29.5 Å². The van der Waals surface area contributed by atoms with E-state index < -0.39 is 12.1 Å². The molecule has 1 aromatic carbocycles. The fraction of sp³-hybridized carbons (Fsp3) is 0.150. The van der Waals surface area contributed by atoms with Gasteiger partial charge in [0.05, 0.1) is 0 Å². The van der Waals surface area contributed by atoms with Crippen LogP contribution in [-0.2, 0) is 13.6 Å². The molecule has 152 valence electrons. The van der Waals surface area contributed by atoms with E-state index in [1.807, 2.05) is 13.1 Å². The molecule has 2 amide bonds. The molecule has 3 aromatic heterocycles. The largest absolute Gasteiger partial charge is 0.336 e. The van der Waals surface area contributed by atoms with E-state index in [1.54, 1.807) is 41.4 Å². The van der Waals surface area contributed by atoms with Gasteiger partial charge < -0.3 is 15.2 Å². The second-order valence-corrected chi connectivity index (χ2v) is 6.54. The molecule has 1 unspecified atom stereocenters. The first-order valence-corrected chi connectivity index (χ1v) is 9.18. The number of halogens is 1. The monoisotopic (exact) mass is 406 g/mol. The zero-order valence-corrected chi connectivity index (χ0v) is 16.1. The highest BCUT2D eigenvalue weighted by molar-refractivity contribution is 5.75. The van der Waals surface area contributed by atoms with E-state index >= 15 is 0 Å². The number of rotatable bonds is 6. The van der Waals surface area contributed by atoms with Crippen LogP contribution in [0.4, 0.5) is 9.18 Å². The molecule has 0 saturated heterocycles. The maximum Gasteiger partial charge on any atom is 0.315 e. The number of hydrogen-bond acceptors (Lipinski definition) is 5. The molecule has 3 heterocycles. The Morgan fingerprint density at radius 2 is 2.10 bits per heavy atom.